The Labute approximate surface area is 53.9 Å². The molecule has 44 valence electrons. The molecule has 1 nitrogen and oxygen atoms in total. The number of nitrogens with zero attached hydrogens (tertiary/aromatic N) is 1. The minimum Gasteiger partial charge on any atom is -0.342 e. The highest BCUT2D eigenvalue weighted by atomic mass is 35.5. The summed E-state index contributed by atoms with van der Waals surface area (Å²) in [6.45, 7) is 2.02. The van der Waals surface area contributed by atoms with Gasteiger partial charge in [0.1, 0.15) is 5.15 Å². The largest absolute Gasteiger partial charge is 0.342 e. The molecule has 1 heterocycles. The van der Waals surface area contributed by atoms with Crippen molar-refractivity contribution in [2.75, 3.05) is 0 Å². The fourth-order valence-electron chi connectivity index (χ4n) is 0.694. The Morgan fingerprint density at radius 2 is 2.25 bits per heavy atom. The Bertz CT molecular complexity index is 171. The molecular weight excluding hydrogens is 122 g/mol. The standard InChI is InChI=1S/C6H8ClN/c1-5-3-6(7)8(2)4-5/h3-4H,1-2H3. The van der Waals surface area contributed by atoms with Crippen LogP contribution < -0.4 is 0 Å². The van der Waals surface area contributed by atoms with Gasteiger partial charge in [-0.15, -0.1) is 0 Å². The van der Waals surface area contributed by atoms with Crippen LogP contribution in [0.25, 0.3) is 0 Å². The van der Waals surface area contributed by atoms with Crippen LogP contribution in [0.5, 0.6) is 0 Å². The van der Waals surface area contributed by atoms with Crippen molar-refractivity contribution in [1.82, 2.24) is 4.57 Å². The normalized spacial score (nSPS) is 9.88. The molecule has 2 heteroatoms. The molecule has 0 atom stereocenters. The van der Waals surface area contributed by atoms with E-state index < -0.39 is 0 Å². The molecule has 0 saturated heterocycles. The van der Waals surface area contributed by atoms with Crippen LogP contribution in [-0.4, -0.2) is 4.57 Å². The van der Waals surface area contributed by atoms with Gasteiger partial charge in [-0.05, 0) is 18.6 Å². The van der Waals surface area contributed by atoms with Crippen LogP contribution in [0.3, 0.4) is 0 Å². The number of hydrogen-bond donors (Lipinski definition) is 0. The summed E-state index contributed by atoms with van der Waals surface area (Å²) in [6, 6.07) is 1.93. The van der Waals surface area contributed by atoms with Crippen LogP contribution in [0.2, 0.25) is 5.15 Å². The number of hydrogen-bond acceptors (Lipinski definition) is 0. The van der Waals surface area contributed by atoms with Crippen molar-refractivity contribution in [2.45, 2.75) is 6.92 Å². The van der Waals surface area contributed by atoms with Gasteiger partial charge in [0.2, 0.25) is 0 Å². The van der Waals surface area contributed by atoms with Gasteiger partial charge in [-0.2, -0.15) is 0 Å². The second-order valence-electron chi connectivity index (χ2n) is 1.95. The lowest BCUT2D eigenvalue weighted by Gasteiger charge is -1.87. The molecule has 0 aliphatic rings. The van der Waals surface area contributed by atoms with Crippen LogP contribution >= 0.6 is 11.6 Å². The zero-order valence-corrected chi connectivity index (χ0v) is 5.74. The van der Waals surface area contributed by atoms with Gasteiger partial charge in [-0.25, -0.2) is 0 Å². The zero-order valence-electron chi connectivity index (χ0n) is 4.98. The van der Waals surface area contributed by atoms with Crippen molar-refractivity contribution in [1.29, 1.82) is 0 Å². The predicted molar refractivity (Wildman–Crippen MR) is 35.2 cm³/mol. The van der Waals surface area contributed by atoms with E-state index in [9.17, 15) is 0 Å². The molecule has 1 aromatic rings. The second kappa shape index (κ2) is 1.82. The van der Waals surface area contributed by atoms with Gasteiger partial charge >= 0.3 is 0 Å². The van der Waals surface area contributed by atoms with E-state index in [1.54, 1.807) is 0 Å². The Hall–Kier alpha value is -0.430. The lowest BCUT2D eigenvalue weighted by Crippen LogP contribution is -1.80. The molecule has 8 heavy (non-hydrogen) atoms. The Kier molecular flexibility index (Phi) is 1.30. The SMILES string of the molecule is Cc1cc(Cl)n(C)c1. The van der Waals surface area contributed by atoms with Crippen LogP contribution in [-0.2, 0) is 7.05 Å². The summed E-state index contributed by atoms with van der Waals surface area (Å²) in [6.07, 6.45) is 1.99. The first kappa shape index (κ1) is 5.70. The summed E-state index contributed by atoms with van der Waals surface area (Å²) < 4.78 is 1.89. The van der Waals surface area contributed by atoms with Gasteiger partial charge in [0, 0.05) is 13.2 Å². The Balaban J connectivity index is 3.14. The van der Waals surface area contributed by atoms with Crippen LogP contribution in [0.15, 0.2) is 12.3 Å². The van der Waals surface area contributed by atoms with Gasteiger partial charge in [0.25, 0.3) is 0 Å². The van der Waals surface area contributed by atoms with Crippen LogP contribution in [0.4, 0.5) is 0 Å². The summed E-state index contributed by atoms with van der Waals surface area (Å²) in [5.41, 5.74) is 1.21. The summed E-state index contributed by atoms with van der Waals surface area (Å²) >= 11 is 5.69. The van der Waals surface area contributed by atoms with E-state index in [0.29, 0.717) is 0 Å². The van der Waals surface area contributed by atoms with E-state index in [4.69, 9.17) is 11.6 Å². The van der Waals surface area contributed by atoms with Crippen molar-refractivity contribution in [3.8, 4) is 0 Å². The molecule has 0 spiro atoms. The quantitative estimate of drug-likeness (QED) is 0.505. The van der Waals surface area contributed by atoms with E-state index in [1.165, 1.54) is 5.56 Å². The Morgan fingerprint density at radius 1 is 1.62 bits per heavy atom. The van der Waals surface area contributed by atoms with Crippen molar-refractivity contribution in [3.05, 3.63) is 23.0 Å². The maximum atomic E-state index is 5.69. The fourth-order valence-corrected chi connectivity index (χ4v) is 0.915. The molecule has 0 N–H and O–H groups in total. The van der Waals surface area contributed by atoms with Crippen LogP contribution in [0, 0.1) is 6.92 Å². The Morgan fingerprint density at radius 3 is 2.38 bits per heavy atom. The molecule has 0 unspecified atom stereocenters. The van der Waals surface area contributed by atoms with Crippen molar-refractivity contribution < 1.29 is 0 Å². The monoisotopic (exact) mass is 129 g/mol. The molecule has 0 aromatic carbocycles. The molecule has 1 rings (SSSR count). The summed E-state index contributed by atoms with van der Waals surface area (Å²) in [7, 11) is 1.93. The van der Waals surface area contributed by atoms with E-state index in [2.05, 4.69) is 0 Å². The number of aromatic nitrogens is 1. The maximum absolute atomic E-state index is 5.69. The topological polar surface area (TPSA) is 4.93 Å². The average Bonchev–Trinajstić information content (AvgIpc) is 1.85. The lowest BCUT2D eigenvalue weighted by atomic mass is 10.4. The van der Waals surface area contributed by atoms with Gasteiger partial charge in [-0.3, -0.25) is 0 Å². The minimum absolute atomic E-state index is 0.794. The fraction of sp³-hybridized carbons (Fsp3) is 0.333. The second-order valence-corrected chi connectivity index (χ2v) is 2.34. The number of rotatable bonds is 0. The highest BCUT2D eigenvalue weighted by molar-refractivity contribution is 6.29. The highest BCUT2D eigenvalue weighted by Gasteiger charge is 1.92. The summed E-state index contributed by atoms with van der Waals surface area (Å²) in [4.78, 5) is 0. The molecule has 0 bridgehead atoms. The zero-order chi connectivity index (χ0) is 6.15. The molecule has 0 aliphatic heterocycles. The van der Waals surface area contributed by atoms with E-state index >= 15 is 0 Å². The lowest BCUT2D eigenvalue weighted by molar-refractivity contribution is 0.925. The average molecular weight is 130 g/mol. The van der Waals surface area contributed by atoms with E-state index in [1.807, 2.05) is 30.8 Å². The van der Waals surface area contributed by atoms with E-state index in [0.717, 1.165) is 5.15 Å². The smallest absolute Gasteiger partial charge is 0.108 e. The number of aryl methyl sites for hydroxylation is 2. The highest BCUT2D eigenvalue weighted by Crippen LogP contribution is 2.10. The molecule has 0 radical (unpaired) electrons. The van der Waals surface area contributed by atoms with Crippen molar-refractivity contribution in [2.24, 2.45) is 7.05 Å². The summed E-state index contributed by atoms with van der Waals surface area (Å²) in [5, 5.41) is 0.794. The summed E-state index contributed by atoms with van der Waals surface area (Å²) in [5.74, 6) is 0. The van der Waals surface area contributed by atoms with Crippen molar-refractivity contribution in [3.63, 3.8) is 0 Å². The molecule has 0 fully saturated rings. The van der Waals surface area contributed by atoms with Crippen molar-refractivity contribution >= 4 is 11.6 Å². The van der Waals surface area contributed by atoms with Gasteiger partial charge in [-0.1, -0.05) is 11.6 Å². The number of halogens is 1. The first-order chi connectivity index (χ1) is 3.70. The van der Waals surface area contributed by atoms with E-state index in [-0.39, 0.29) is 0 Å². The third kappa shape index (κ3) is 0.869. The van der Waals surface area contributed by atoms with Crippen LogP contribution in [0.1, 0.15) is 5.56 Å². The molecule has 0 saturated carbocycles. The first-order valence-corrected chi connectivity index (χ1v) is 2.86. The van der Waals surface area contributed by atoms with Gasteiger partial charge < -0.3 is 4.57 Å². The first-order valence-electron chi connectivity index (χ1n) is 2.48. The third-order valence-electron chi connectivity index (χ3n) is 1.08. The molecule has 0 amide bonds. The molecular formula is C6H8ClN. The predicted octanol–water partition coefficient (Wildman–Crippen LogP) is 1.99. The molecule has 1 aromatic heterocycles. The molecule has 0 aliphatic carbocycles. The maximum Gasteiger partial charge on any atom is 0.108 e. The van der Waals surface area contributed by atoms with Gasteiger partial charge in [0.05, 0.1) is 0 Å². The minimum atomic E-state index is 0.794. The third-order valence-corrected chi connectivity index (χ3v) is 1.46. The van der Waals surface area contributed by atoms with Gasteiger partial charge in [0.15, 0.2) is 0 Å².